The van der Waals surface area contributed by atoms with Gasteiger partial charge in [-0.15, -0.1) is 0 Å². The fourth-order valence-corrected chi connectivity index (χ4v) is 3.79. The van der Waals surface area contributed by atoms with E-state index in [4.69, 9.17) is 0 Å². The van der Waals surface area contributed by atoms with Crippen molar-refractivity contribution in [3.05, 3.63) is 95.3 Å². The Morgan fingerprint density at radius 3 is 2.21 bits per heavy atom. The Morgan fingerprint density at radius 1 is 0.912 bits per heavy atom. The lowest BCUT2D eigenvalue weighted by Crippen LogP contribution is -2.31. The van der Waals surface area contributed by atoms with Crippen LogP contribution in [0.25, 0.3) is 0 Å². The number of hydrogen-bond acceptors (Lipinski definition) is 3. The summed E-state index contributed by atoms with van der Waals surface area (Å²) in [7, 11) is 3.89. The standard InChI is InChI=1S/C28H32FN3O2/c1-20(2)16-27(33)30-25-14-15-26(31(3)4)23(17-25)19-32(18-21-8-6-5-7-9-21)28(34)22-10-12-24(29)13-11-22/h5-15,17,20H,16,18-19H2,1-4H3,(H,30,33). The number of benzene rings is 3. The van der Waals surface area contributed by atoms with Crippen LogP contribution in [0.1, 0.15) is 41.8 Å². The molecule has 0 saturated heterocycles. The fraction of sp³-hybridized carbons (Fsp3) is 0.286. The molecule has 2 amide bonds. The molecule has 0 atom stereocenters. The van der Waals surface area contributed by atoms with Crippen molar-refractivity contribution in [2.45, 2.75) is 33.4 Å². The van der Waals surface area contributed by atoms with E-state index < -0.39 is 0 Å². The van der Waals surface area contributed by atoms with Crippen LogP contribution in [0.15, 0.2) is 72.8 Å². The zero-order valence-corrected chi connectivity index (χ0v) is 20.2. The maximum Gasteiger partial charge on any atom is 0.254 e. The topological polar surface area (TPSA) is 52.7 Å². The van der Waals surface area contributed by atoms with E-state index in [2.05, 4.69) is 5.32 Å². The molecular formula is C28H32FN3O2. The van der Waals surface area contributed by atoms with Crippen LogP contribution in [0.4, 0.5) is 15.8 Å². The highest BCUT2D eigenvalue weighted by Gasteiger charge is 2.19. The number of carbonyl (C=O) groups is 2. The third kappa shape index (κ3) is 6.91. The van der Waals surface area contributed by atoms with Gasteiger partial charge in [-0.25, -0.2) is 4.39 Å². The van der Waals surface area contributed by atoms with Gasteiger partial charge < -0.3 is 15.1 Å². The Labute approximate surface area is 201 Å². The van der Waals surface area contributed by atoms with Gasteiger partial charge in [0.15, 0.2) is 0 Å². The molecule has 5 nitrogen and oxygen atoms in total. The van der Waals surface area contributed by atoms with E-state index >= 15 is 0 Å². The minimum Gasteiger partial charge on any atom is -0.377 e. The lowest BCUT2D eigenvalue weighted by atomic mass is 10.1. The van der Waals surface area contributed by atoms with Crippen molar-refractivity contribution in [3.8, 4) is 0 Å². The van der Waals surface area contributed by atoms with Crippen LogP contribution >= 0.6 is 0 Å². The molecule has 3 aromatic rings. The van der Waals surface area contributed by atoms with Gasteiger partial charge in [0.05, 0.1) is 0 Å². The zero-order valence-electron chi connectivity index (χ0n) is 20.2. The summed E-state index contributed by atoms with van der Waals surface area (Å²) < 4.78 is 13.4. The smallest absolute Gasteiger partial charge is 0.254 e. The summed E-state index contributed by atoms with van der Waals surface area (Å²) in [6, 6.07) is 21.1. The molecule has 0 aromatic heterocycles. The normalized spacial score (nSPS) is 10.8. The summed E-state index contributed by atoms with van der Waals surface area (Å²) >= 11 is 0. The number of nitrogens with zero attached hydrogens (tertiary/aromatic N) is 2. The number of rotatable bonds is 9. The molecule has 3 aromatic carbocycles. The van der Waals surface area contributed by atoms with Crippen molar-refractivity contribution in [3.63, 3.8) is 0 Å². The minimum absolute atomic E-state index is 0.0397. The van der Waals surface area contributed by atoms with Crippen molar-refractivity contribution in [1.82, 2.24) is 4.90 Å². The summed E-state index contributed by atoms with van der Waals surface area (Å²) in [5.74, 6) is -0.356. The third-order valence-corrected chi connectivity index (χ3v) is 5.39. The summed E-state index contributed by atoms with van der Waals surface area (Å²) in [6.07, 6.45) is 0.438. The molecule has 178 valence electrons. The Kier molecular flexibility index (Phi) is 8.41. The molecule has 0 aliphatic carbocycles. The molecule has 6 heteroatoms. The monoisotopic (exact) mass is 461 g/mol. The van der Waals surface area contributed by atoms with Crippen molar-refractivity contribution >= 4 is 23.2 Å². The molecule has 0 unspecified atom stereocenters. The van der Waals surface area contributed by atoms with Gasteiger partial charge in [-0.1, -0.05) is 44.2 Å². The van der Waals surface area contributed by atoms with E-state index in [1.54, 1.807) is 4.90 Å². The number of amides is 2. The highest BCUT2D eigenvalue weighted by atomic mass is 19.1. The van der Waals surface area contributed by atoms with Crippen molar-refractivity contribution in [2.24, 2.45) is 5.92 Å². The Hall–Kier alpha value is -3.67. The first-order chi connectivity index (χ1) is 16.2. The first-order valence-corrected chi connectivity index (χ1v) is 11.4. The number of halogens is 1. The van der Waals surface area contributed by atoms with Crippen LogP contribution in [0.5, 0.6) is 0 Å². The summed E-state index contributed by atoms with van der Waals surface area (Å²) in [5, 5.41) is 2.97. The Bertz CT molecular complexity index is 1110. The summed E-state index contributed by atoms with van der Waals surface area (Å²) in [6.45, 7) is 4.73. The summed E-state index contributed by atoms with van der Waals surface area (Å²) in [4.78, 5) is 29.5. The van der Waals surface area contributed by atoms with Gasteiger partial charge >= 0.3 is 0 Å². The molecule has 0 heterocycles. The van der Waals surface area contributed by atoms with Crippen molar-refractivity contribution in [1.29, 1.82) is 0 Å². The summed E-state index contributed by atoms with van der Waals surface area (Å²) in [5.41, 5.74) is 3.96. The van der Waals surface area contributed by atoms with Gasteiger partial charge in [-0.2, -0.15) is 0 Å². The number of nitrogens with one attached hydrogen (secondary N) is 1. The molecule has 34 heavy (non-hydrogen) atoms. The van der Waals surface area contributed by atoms with Crippen LogP contribution < -0.4 is 10.2 Å². The quantitative estimate of drug-likeness (QED) is 0.443. The average molecular weight is 462 g/mol. The van der Waals surface area contributed by atoms with E-state index in [0.717, 1.165) is 16.8 Å². The molecule has 0 radical (unpaired) electrons. The van der Waals surface area contributed by atoms with Gasteiger partial charge in [0.1, 0.15) is 5.82 Å². The predicted octanol–water partition coefficient (Wildman–Crippen LogP) is 5.72. The largest absolute Gasteiger partial charge is 0.377 e. The molecule has 1 N–H and O–H groups in total. The van der Waals surface area contributed by atoms with Gasteiger partial charge in [0.25, 0.3) is 5.91 Å². The zero-order chi connectivity index (χ0) is 24.7. The third-order valence-electron chi connectivity index (χ3n) is 5.39. The van der Waals surface area contributed by atoms with Gasteiger partial charge in [0, 0.05) is 50.5 Å². The lowest BCUT2D eigenvalue weighted by molar-refractivity contribution is -0.116. The SMILES string of the molecule is CC(C)CC(=O)Nc1ccc(N(C)C)c(CN(Cc2ccccc2)C(=O)c2ccc(F)cc2)c1. The molecule has 0 fully saturated rings. The molecule has 0 bridgehead atoms. The highest BCUT2D eigenvalue weighted by molar-refractivity contribution is 5.94. The van der Waals surface area contributed by atoms with Gasteiger partial charge in [-0.05, 0) is 59.5 Å². The van der Waals surface area contributed by atoms with Crippen LogP contribution in [0.2, 0.25) is 0 Å². The number of carbonyl (C=O) groups excluding carboxylic acids is 2. The molecular weight excluding hydrogens is 429 g/mol. The average Bonchev–Trinajstić information content (AvgIpc) is 2.79. The minimum atomic E-state index is -0.383. The van der Waals surface area contributed by atoms with Gasteiger partial charge in [-0.3, -0.25) is 9.59 Å². The number of anilines is 2. The highest BCUT2D eigenvalue weighted by Crippen LogP contribution is 2.26. The van der Waals surface area contributed by atoms with E-state index in [0.29, 0.717) is 30.8 Å². The molecule has 0 saturated carbocycles. The lowest BCUT2D eigenvalue weighted by Gasteiger charge is -2.27. The maximum atomic E-state index is 13.5. The van der Waals surface area contributed by atoms with Crippen LogP contribution in [-0.4, -0.2) is 30.8 Å². The van der Waals surface area contributed by atoms with E-state index in [1.807, 2.05) is 81.4 Å². The van der Waals surface area contributed by atoms with E-state index in [1.165, 1.54) is 24.3 Å². The molecule has 0 aliphatic rings. The maximum absolute atomic E-state index is 13.5. The Morgan fingerprint density at radius 2 is 1.59 bits per heavy atom. The van der Waals surface area contributed by atoms with Crippen LogP contribution in [0.3, 0.4) is 0 Å². The van der Waals surface area contributed by atoms with Crippen molar-refractivity contribution in [2.75, 3.05) is 24.3 Å². The second-order valence-electron chi connectivity index (χ2n) is 9.04. The Balaban J connectivity index is 1.94. The van der Waals surface area contributed by atoms with Crippen molar-refractivity contribution < 1.29 is 14.0 Å². The first-order valence-electron chi connectivity index (χ1n) is 11.4. The number of hydrogen-bond donors (Lipinski definition) is 1. The van der Waals surface area contributed by atoms with E-state index in [9.17, 15) is 14.0 Å². The molecule has 3 rings (SSSR count). The second-order valence-corrected chi connectivity index (χ2v) is 9.04. The van der Waals surface area contributed by atoms with E-state index in [-0.39, 0.29) is 23.5 Å². The van der Waals surface area contributed by atoms with Crippen LogP contribution in [-0.2, 0) is 17.9 Å². The van der Waals surface area contributed by atoms with Gasteiger partial charge in [0.2, 0.25) is 5.91 Å². The first kappa shape index (κ1) is 25.0. The predicted molar refractivity (Wildman–Crippen MR) is 135 cm³/mol. The molecule has 0 spiro atoms. The second kappa shape index (κ2) is 11.5. The fourth-order valence-electron chi connectivity index (χ4n) is 3.79. The molecule has 0 aliphatic heterocycles. The van der Waals surface area contributed by atoms with Crippen LogP contribution in [0, 0.1) is 11.7 Å².